The zero-order valence-electron chi connectivity index (χ0n) is 11.5. The second-order valence-electron chi connectivity index (χ2n) is 5.12. The molecular formula is C15H17ClN2O2. The lowest BCUT2D eigenvalue weighted by atomic mass is 10.1. The molecule has 0 spiro atoms. The lowest BCUT2D eigenvalue weighted by Gasteiger charge is -2.08. The van der Waals surface area contributed by atoms with Crippen molar-refractivity contribution in [3.63, 3.8) is 0 Å². The minimum Gasteiger partial charge on any atom is -0.493 e. The summed E-state index contributed by atoms with van der Waals surface area (Å²) in [7, 11) is 0. The molecule has 0 atom stereocenters. The standard InChI is InChI=1S/C15H17ClN2O2/c1-9(2)7-8-12-17-14(19)13(15(20)18-12)10-5-3-4-6-11(10)16/h3-6,9H,7-8H2,1-2H3,(H2,17,18,19,20). The highest BCUT2D eigenvalue weighted by atomic mass is 35.5. The van der Waals surface area contributed by atoms with E-state index < -0.39 is 0 Å². The fraction of sp³-hybridized carbons (Fsp3) is 0.333. The molecule has 0 fully saturated rings. The quantitative estimate of drug-likeness (QED) is 0.908. The third-order valence-electron chi connectivity index (χ3n) is 3.05. The molecule has 20 heavy (non-hydrogen) atoms. The van der Waals surface area contributed by atoms with E-state index >= 15 is 0 Å². The number of aromatic hydroxyl groups is 1. The summed E-state index contributed by atoms with van der Waals surface area (Å²) in [5.41, 5.74) is 0.226. The van der Waals surface area contributed by atoms with Gasteiger partial charge in [0.2, 0.25) is 5.88 Å². The van der Waals surface area contributed by atoms with Crippen LogP contribution in [0.2, 0.25) is 5.02 Å². The van der Waals surface area contributed by atoms with Crippen LogP contribution in [0, 0.1) is 5.92 Å². The van der Waals surface area contributed by atoms with Crippen LogP contribution in [-0.4, -0.2) is 15.1 Å². The number of aromatic nitrogens is 2. The predicted molar refractivity (Wildman–Crippen MR) is 80.1 cm³/mol. The van der Waals surface area contributed by atoms with E-state index in [1.807, 2.05) is 0 Å². The Hall–Kier alpha value is -1.81. The summed E-state index contributed by atoms with van der Waals surface area (Å²) in [6, 6.07) is 6.87. The van der Waals surface area contributed by atoms with Crippen molar-refractivity contribution in [3.05, 3.63) is 45.5 Å². The summed E-state index contributed by atoms with van der Waals surface area (Å²) in [4.78, 5) is 18.9. The molecule has 2 aromatic rings. The molecule has 5 heteroatoms. The van der Waals surface area contributed by atoms with Crippen molar-refractivity contribution >= 4 is 11.6 Å². The van der Waals surface area contributed by atoms with Gasteiger partial charge in [0.05, 0.1) is 0 Å². The first kappa shape index (κ1) is 14.6. The van der Waals surface area contributed by atoms with E-state index in [0.29, 0.717) is 28.7 Å². The van der Waals surface area contributed by atoms with Crippen molar-refractivity contribution in [1.29, 1.82) is 0 Å². The van der Waals surface area contributed by atoms with E-state index in [-0.39, 0.29) is 17.0 Å². The molecule has 0 unspecified atom stereocenters. The first-order valence-electron chi connectivity index (χ1n) is 6.56. The summed E-state index contributed by atoms with van der Waals surface area (Å²) in [6.45, 7) is 4.19. The van der Waals surface area contributed by atoms with Crippen LogP contribution in [-0.2, 0) is 6.42 Å². The number of aryl methyl sites for hydroxylation is 1. The Morgan fingerprint density at radius 3 is 2.65 bits per heavy atom. The van der Waals surface area contributed by atoms with Gasteiger partial charge in [0, 0.05) is 17.0 Å². The summed E-state index contributed by atoms with van der Waals surface area (Å²) < 4.78 is 0. The highest BCUT2D eigenvalue weighted by molar-refractivity contribution is 6.33. The highest BCUT2D eigenvalue weighted by Crippen LogP contribution is 2.29. The van der Waals surface area contributed by atoms with Crippen LogP contribution < -0.4 is 5.56 Å². The van der Waals surface area contributed by atoms with E-state index in [1.54, 1.807) is 24.3 Å². The number of H-pyrrole nitrogens is 1. The first-order valence-corrected chi connectivity index (χ1v) is 6.94. The lowest BCUT2D eigenvalue weighted by Crippen LogP contribution is -2.14. The summed E-state index contributed by atoms with van der Waals surface area (Å²) >= 11 is 6.05. The molecule has 0 amide bonds. The van der Waals surface area contributed by atoms with E-state index in [2.05, 4.69) is 23.8 Å². The van der Waals surface area contributed by atoms with Gasteiger partial charge >= 0.3 is 0 Å². The lowest BCUT2D eigenvalue weighted by molar-refractivity contribution is 0.447. The van der Waals surface area contributed by atoms with Gasteiger partial charge in [0.1, 0.15) is 11.4 Å². The van der Waals surface area contributed by atoms with E-state index in [0.717, 1.165) is 6.42 Å². The predicted octanol–water partition coefficient (Wildman–Crippen LogP) is 3.38. The number of rotatable bonds is 4. The maximum absolute atomic E-state index is 12.1. The van der Waals surface area contributed by atoms with Crippen LogP contribution in [0.3, 0.4) is 0 Å². The average molecular weight is 293 g/mol. The largest absolute Gasteiger partial charge is 0.493 e. The molecule has 0 aliphatic rings. The zero-order chi connectivity index (χ0) is 14.7. The van der Waals surface area contributed by atoms with Gasteiger partial charge in [0.25, 0.3) is 5.56 Å². The van der Waals surface area contributed by atoms with Gasteiger partial charge in [-0.1, -0.05) is 43.6 Å². The minimum absolute atomic E-state index is 0.115. The Balaban J connectivity index is 2.42. The van der Waals surface area contributed by atoms with Crippen molar-refractivity contribution in [1.82, 2.24) is 9.97 Å². The third kappa shape index (κ3) is 3.20. The maximum atomic E-state index is 12.1. The smallest absolute Gasteiger partial charge is 0.262 e. The van der Waals surface area contributed by atoms with Gasteiger partial charge in [-0.15, -0.1) is 0 Å². The number of hydrogen-bond donors (Lipinski definition) is 2. The molecule has 0 aliphatic carbocycles. The molecule has 1 aromatic carbocycles. The Morgan fingerprint density at radius 1 is 1.35 bits per heavy atom. The molecule has 0 saturated carbocycles. The van der Waals surface area contributed by atoms with Gasteiger partial charge in [-0.3, -0.25) is 4.79 Å². The number of hydrogen-bond acceptors (Lipinski definition) is 3. The van der Waals surface area contributed by atoms with Crippen molar-refractivity contribution < 1.29 is 5.11 Å². The maximum Gasteiger partial charge on any atom is 0.262 e. The molecule has 0 radical (unpaired) electrons. The van der Waals surface area contributed by atoms with E-state index in [1.165, 1.54) is 0 Å². The van der Waals surface area contributed by atoms with Crippen LogP contribution in [0.5, 0.6) is 5.88 Å². The Labute approximate surface area is 122 Å². The monoisotopic (exact) mass is 292 g/mol. The molecule has 2 rings (SSSR count). The fourth-order valence-electron chi connectivity index (χ4n) is 1.96. The topological polar surface area (TPSA) is 66.0 Å². The average Bonchev–Trinajstić information content (AvgIpc) is 2.38. The molecule has 106 valence electrons. The first-order chi connectivity index (χ1) is 9.49. The van der Waals surface area contributed by atoms with Crippen LogP contribution in [0.1, 0.15) is 26.1 Å². The fourth-order valence-corrected chi connectivity index (χ4v) is 2.19. The number of benzene rings is 1. The van der Waals surface area contributed by atoms with Gasteiger partial charge < -0.3 is 10.1 Å². The molecule has 0 saturated heterocycles. The summed E-state index contributed by atoms with van der Waals surface area (Å²) in [5, 5.41) is 10.4. The van der Waals surface area contributed by atoms with Gasteiger partial charge in [-0.2, -0.15) is 4.98 Å². The summed E-state index contributed by atoms with van der Waals surface area (Å²) in [5.74, 6) is 0.725. The SMILES string of the molecule is CC(C)CCc1nc(O)c(-c2ccccc2Cl)c(=O)[nH]1. The Bertz CT molecular complexity index is 665. The molecule has 1 aromatic heterocycles. The minimum atomic E-state index is -0.371. The van der Waals surface area contributed by atoms with Crippen LogP contribution >= 0.6 is 11.6 Å². The Morgan fingerprint density at radius 2 is 2.05 bits per heavy atom. The molecule has 0 bridgehead atoms. The van der Waals surface area contributed by atoms with Gasteiger partial charge in [0.15, 0.2) is 0 Å². The molecular weight excluding hydrogens is 276 g/mol. The molecule has 2 N–H and O–H groups in total. The van der Waals surface area contributed by atoms with Crippen LogP contribution in [0.25, 0.3) is 11.1 Å². The second-order valence-corrected chi connectivity index (χ2v) is 5.53. The molecule has 0 aliphatic heterocycles. The van der Waals surface area contributed by atoms with E-state index in [9.17, 15) is 9.90 Å². The van der Waals surface area contributed by atoms with Crippen molar-refractivity contribution in [2.75, 3.05) is 0 Å². The zero-order valence-corrected chi connectivity index (χ0v) is 12.2. The van der Waals surface area contributed by atoms with Crippen LogP contribution in [0.4, 0.5) is 0 Å². The van der Waals surface area contributed by atoms with Crippen molar-refractivity contribution in [2.24, 2.45) is 5.92 Å². The number of nitrogens with one attached hydrogen (secondary N) is 1. The second kappa shape index (κ2) is 6.09. The Kier molecular flexibility index (Phi) is 4.45. The highest BCUT2D eigenvalue weighted by Gasteiger charge is 2.15. The number of aromatic amines is 1. The molecule has 1 heterocycles. The number of nitrogens with zero attached hydrogens (tertiary/aromatic N) is 1. The van der Waals surface area contributed by atoms with Crippen LogP contribution in [0.15, 0.2) is 29.1 Å². The summed E-state index contributed by atoms with van der Waals surface area (Å²) in [6.07, 6.45) is 1.52. The van der Waals surface area contributed by atoms with Crippen molar-refractivity contribution in [2.45, 2.75) is 26.7 Å². The third-order valence-corrected chi connectivity index (χ3v) is 3.38. The van der Waals surface area contributed by atoms with Gasteiger partial charge in [-0.05, 0) is 18.4 Å². The molecule has 4 nitrogen and oxygen atoms in total. The van der Waals surface area contributed by atoms with Gasteiger partial charge in [-0.25, -0.2) is 0 Å². The van der Waals surface area contributed by atoms with E-state index in [4.69, 9.17) is 11.6 Å². The normalized spacial score (nSPS) is 11.0. The van der Waals surface area contributed by atoms with Crippen molar-refractivity contribution in [3.8, 4) is 17.0 Å². The number of halogens is 1.